The number of aromatic amines is 1. The molecular weight excluding hydrogens is 520 g/mol. The van der Waals surface area contributed by atoms with E-state index in [1.54, 1.807) is 24.1 Å². The van der Waals surface area contributed by atoms with Crippen LogP contribution in [0, 0.1) is 6.92 Å². The Labute approximate surface area is 217 Å². The fraction of sp³-hybridized carbons (Fsp3) is 0.172. The van der Waals surface area contributed by atoms with Crippen molar-refractivity contribution >= 4 is 44.3 Å². The number of nitrogens with zero attached hydrogens (tertiary/aromatic N) is 1. The maximum Gasteiger partial charge on any atom is 0.295 e. The van der Waals surface area contributed by atoms with Gasteiger partial charge in [-0.3, -0.25) is 9.59 Å². The van der Waals surface area contributed by atoms with Gasteiger partial charge in [0.25, 0.3) is 11.7 Å². The number of hydrogen-bond acceptors (Lipinski definition) is 4. The fourth-order valence-corrected chi connectivity index (χ4v) is 4.97. The standard InChI is InChI=1S/C29H25BrN2O4/c1-17-3-5-19(6-4-17)27(33)25-26(18-7-9-21(30)10-8-18)32(29(35)28(25)34)14-13-20-16-31-24-12-11-22(36-2)15-23(20)24/h3-12,15-16,26,31,33H,13-14H2,1-2H3/t26-/m1/s1. The van der Waals surface area contributed by atoms with E-state index in [0.29, 0.717) is 18.5 Å². The van der Waals surface area contributed by atoms with Crippen molar-refractivity contribution in [2.45, 2.75) is 19.4 Å². The minimum Gasteiger partial charge on any atom is -0.507 e. The number of likely N-dealkylation sites (tertiary alicyclic amines) is 1. The van der Waals surface area contributed by atoms with Crippen molar-refractivity contribution in [3.8, 4) is 5.75 Å². The van der Waals surface area contributed by atoms with Crippen molar-refractivity contribution in [3.63, 3.8) is 0 Å². The second-order valence-electron chi connectivity index (χ2n) is 8.89. The van der Waals surface area contributed by atoms with Crippen LogP contribution in [0.1, 0.15) is 28.3 Å². The Kier molecular flexibility index (Phi) is 6.41. The van der Waals surface area contributed by atoms with E-state index in [0.717, 1.165) is 37.8 Å². The highest BCUT2D eigenvalue weighted by molar-refractivity contribution is 9.10. The van der Waals surface area contributed by atoms with Crippen molar-refractivity contribution in [1.29, 1.82) is 0 Å². The topological polar surface area (TPSA) is 82.6 Å². The summed E-state index contributed by atoms with van der Waals surface area (Å²) in [6.07, 6.45) is 2.44. The number of aliphatic hydroxyl groups is 1. The zero-order chi connectivity index (χ0) is 25.4. The first-order valence-electron chi connectivity index (χ1n) is 11.6. The molecule has 1 aliphatic rings. The lowest BCUT2D eigenvalue weighted by Gasteiger charge is -2.25. The van der Waals surface area contributed by atoms with Crippen LogP contribution in [0.5, 0.6) is 5.75 Å². The lowest BCUT2D eigenvalue weighted by molar-refractivity contribution is -0.139. The fourth-order valence-electron chi connectivity index (χ4n) is 4.70. The minimum absolute atomic E-state index is 0.103. The minimum atomic E-state index is -0.695. The Bertz CT molecular complexity index is 1490. The number of aliphatic hydroxyl groups excluding tert-OH is 1. The van der Waals surface area contributed by atoms with Gasteiger partial charge in [-0.25, -0.2) is 0 Å². The van der Waals surface area contributed by atoms with Crippen LogP contribution in [0.4, 0.5) is 0 Å². The Hall–Kier alpha value is -3.84. The first kappa shape index (κ1) is 23.9. The smallest absolute Gasteiger partial charge is 0.295 e. The quantitative estimate of drug-likeness (QED) is 0.179. The molecule has 36 heavy (non-hydrogen) atoms. The van der Waals surface area contributed by atoms with Crippen LogP contribution in [0.25, 0.3) is 16.7 Å². The van der Waals surface area contributed by atoms with Crippen molar-refractivity contribution in [2.75, 3.05) is 13.7 Å². The summed E-state index contributed by atoms with van der Waals surface area (Å²) in [4.78, 5) is 31.4. The van der Waals surface area contributed by atoms with Gasteiger partial charge in [0.05, 0.1) is 18.7 Å². The molecule has 2 N–H and O–H groups in total. The Balaban J connectivity index is 1.55. The summed E-state index contributed by atoms with van der Waals surface area (Å²) in [5, 5.41) is 12.2. The number of amides is 1. The number of Topliss-reactive ketones (excluding diaryl/α,β-unsaturated/α-hetero) is 1. The summed E-state index contributed by atoms with van der Waals surface area (Å²) in [6.45, 7) is 2.25. The third-order valence-electron chi connectivity index (χ3n) is 6.65. The summed E-state index contributed by atoms with van der Waals surface area (Å²) in [7, 11) is 1.62. The van der Waals surface area contributed by atoms with Crippen LogP contribution in [0.3, 0.4) is 0 Å². The van der Waals surface area contributed by atoms with E-state index in [-0.39, 0.29) is 11.3 Å². The molecule has 1 amide bonds. The lowest BCUT2D eigenvalue weighted by atomic mass is 9.95. The highest BCUT2D eigenvalue weighted by atomic mass is 79.9. The third kappa shape index (κ3) is 4.31. The van der Waals surface area contributed by atoms with Crippen LogP contribution >= 0.6 is 15.9 Å². The molecule has 0 unspecified atom stereocenters. The molecule has 4 aromatic rings. The maximum absolute atomic E-state index is 13.3. The molecule has 0 saturated carbocycles. The predicted molar refractivity (Wildman–Crippen MR) is 143 cm³/mol. The molecular formula is C29H25BrN2O4. The number of carbonyl (C=O) groups excluding carboxylic acids is 2. The second kappa shape index (κ2) is 9.66. The van der Waals surface area contributed by atoms with E-state index in [4.69, 9.17) is 4.74 Å². The highest BCUT2D eigenvalue weighted by Gasteiger charge is 2.45. The van der Waals surface area contributed by atoms with Crippen molar-refractivity contribution in [3.05, 3.63) is 105 Å². The van der Waals surface area contributed by atoms with E-state index in [1.807, 2.05) is 67.7 Å². The number of nitrogens with one attached hydrogen (secondary N) is 1. The molecule has 3 aromatic carbocycles. The van der Waals surface area contributed by atoms with Gasteiger partial charge in [-0.1, -0.05) is 57.9 Å². The number of ether oxygens (including phenoxy) is 1. The van der Waals surface area contributed by atoms with E-state index >= 15 is 0 Å². The zero-order valence-electron chi connectivity index (χ0n) is 19.9. The van der Waals surface area contributed by atoms with Gasteiger partial charge >= 0.3 is 0 Å². The van der Waals surface area contributed by atoms with Crippen molar-refractivity contribution in [1.82, 2.24) is 9.88 Å². The monoisotopic (exact) mass is 544 g/mol. The second-order valence-corrected chi connectivity index (χ2v) is 9.80. The van der Waals surface area contributed by atoms with E-state index < -0.39 is 17.7 Å². The van der Waals surface area contributed by atoms with Crippen LogP contribution in [-0.4, -0.2) is 40.3 Å². The van der Waals surface area contributed by atoms with Gasteiger partial charge in [-0.05, 0) is 54.8 Å². The zero-order valence-corrected chi connectivity index (χ0v) is 21.5. The molecule has 0 radical (unpaired) electrons. The highest BCUT2D eigenvalue weighted by Crippen LogP contribution is 2.40. The van der Waals surface area contributed by atoms with Crippen molar-refractivity contribution < 1.29 is 19.4 Å². The van der Waals surface area contributed by atoms with Crippen LogP contribution in [-0.2, 0) is 16.0 Å². The van der Waals surface area contributed by atoms with Gasteiger partial charge in [-0.2, -0.15) is 0 Å². The molecule has 182 valence electrons. The molecule has 0 bridgehead atoms. The summed E-state index contributed by atoms with van der Waals surface area (Å²) < 4.78 is 6.25. The van der Waals surface area contributed by atoms with Crippen LogP contribution in [0.2, 0.25) is 0 Å². The van der Waals surface area contributed by atoms with E-state index in [9.17, 15) is 14.7 Å². The number of aromatic nitrogens is 1. The molecule has 5 rings (SSSR count). The van der Waals surface area contributed by atoms with Gasteiger partial charge in [-0.15, -0.1) is 0 Å². The largest absolute Gasteiger partial charge is 0.507 e. The summed E-state index contributed by atoms with van der Waals surface area (Å²) in [6, 6.07) is 19.8. The van der Waals surface area contributed by atoms with Crippen molar-refractivity contribution in [2.24, 2.45) is 0 Å². The molecule has 7 heteroatoms. The number of benzene rings is 3. The number of methoxy groups -OCH3 is 1. The summed E-state index contributed by atoms with van der Waals surface area (Å²) in [5.41, 5.74) is 4.38. The first-order chi connectivity index (χ1) is 17.4. The molecule has 6 nitrogen and oxygen atoms in total. The Morgan fingerprint density at radius 3 is 2.47 bits per heavy atom. The van der Waals surface area contributed by atoms with Gasteiger partial charge in [0, 0.05) is 33.7 Å². The SMILES string of the molecule is COc1ccc2[nH]cc(CCN3C(=O)C(=O)C(=C(O)c4ccc(C)cc4)[C@H]3c3ccc(Br)cc3)c2c1. The molecule has 0 aliphatic carbocycles. The maximum atomic E-state index is 13.3. The number of carbonyl (C=O) groups is 2. The van der Waals surface area contributed by atoms with E-state index in [1.165, 1.54) is 0 Å². The normalized spacial score (nSPS) is 17.2. The molecule has 1 fully saturated rings. The average Bonchev–Trinajstić information content (AvgIpc) is 3.40. The molecule has 1 aliphatic heterocycles. The molecule has 1 aromatic heterocycles. The average molecular weight is 545 g/mol. The number of halogens is 1. The van der Waals surface area contributed by atoms with Gasteiger partial charge in [0.1, 0.15) is 11.5 Å². The third-order valence-corrected chi connectivity index (χ3v) is 7.18. The number of ketones is 1. The van der Waals surface area contributed by atoms with Gasteiger partial charge in [0.2, 0.25) is 0 Å². The van der Waals surface area contributed by atoms with Crippen LogP contribution < -0.4 is 4.74 Å². The molecule has 1 saturated heterocycles. The number of aryl methyl sites for hydroxylation is 1. The van der Waals surface area contributed by atoms with E-state index in [2.05, 4.69) is 20.9 Å². The van der Waals surface area contributed by atoms with Gasteiger partial charge in [0.15, 0.2) is 0 Å². The van der Waals surface area contributed by atoms with Gasteiger partial charge < -0.3 is 19.7 Å². The number of rotatable bonds is 6. The predicted octanol–water partition coefficient (Wildman–Crippen LogP) is 5.91. The molecule has 0 spiro atoms. The Morgan fingerprint density at radius 2 is 1.78 bits per heavy atom. The number of fused-ring (bicyclic) bond motifs is 1. The summed E-state index contributed by atoms with van der Waals surface area (Å²) >= 11 is 3.45. The number of hydrogen-bond donors (Lipinski definition) is 2. The first-order valence-corrected chi connectivity index (χ1v) is 12.4. The molecule has 2 heterocycles. The Morgan fingerprint density at radius 1 is 1.06 bits per heavy atom. The lowest BCUT2D eigenvalue weighted by Crippen LogP contribution is -2.31. The molecule has 1 atom stereocenters. The van der Waals surface area contributed by atoms with Crippen LogP contribution in [0.15, 0.2) is 83.0 Å². The number of H-pyrrole nitrogens is 1. The summed E-state index contributed by atoms with van der Waals surface area (Å²) in [5.74, 6) is -0.715.